The molecule has 1 fully saturated rings. The van der Waals surface area contributed by atoms with Crippen LogP contribution in [0.4, 0.5) is 0 Å². The third-order valence-corrected chi connectivity index (χ3v) is 5.72. The zero-order valence-corrected chi connectivity index (χ0v) is 15.5. The van der Waals surface area contributed by atoms with Crippen LogP contribution in [0, 0.1) is 0 Å². The number of halogens is 1. The molecule has 0 atom stereocenters. The predicted octanol–water partition coefficient (Wildman–Crippen LogP) is 1.50. The second-order valence-electron chi connectivity index (χ2n) is 6.62. The van der Waals surface area contributed by atoms with Gasteiger partial charge in [0.15, 0.2) is 0 Å². The maximum Gasteiger partial charge on any atom is 0.127 e. The third kappa shape index (κ3) is 4.66. The highest BCUT2D eigenvalue weighted by molar-refractivity contribution is 9.10. The maximum absolute atomic E-state index is 3.67. The number of nitrogens with one attached hydrogen (secondary N) is 2. The van der Waals surface area contributed by atoms with Crippen LogP contribution in [0.25, 0.3) is 0 Å². The van der Waals surface area contributed by atoms with Gasteiger partial charge >= 0.3 is 0 Å². The van der Waals surface area contributed by atoms with Gasteiger partial charge in [0.05, 0.1) is 0 Å². The first-order chi connectivity index (χ1) is 11.2. The van der Waals surface area contributed by atoms with Gasteiger partial charge in [-0.2, -0.15) is 0 Å². The van der Waals surface area contributed by atoms with E-state index in [0.717, 1.165) is 13.0 Å². The molecule has 3 rings (SSSR count). The van der Waals surface area contributed by atoms with Crippen LogP contribution in [0.1, 0.15) is 23.6 Å². The van der Waals surface area contributed by atoms with Crippen LogP contribution >= 0.6 is 15.9 Å². The number of quaternary nitrogens is 2. The van der Waals surface area contributed by atoms with Crippen molar-refractivity contribution >= 4 is 15.9 Å². The lowest BCUT2D eigenvalue weighted by atomic mass is 10.1. The maximum atomic E-state index is 3.67. The summed E-state index contributed by atoms with van der Waals surface area (Å²) in [6, 6.07) is 17.8. The molecule has 0 spiro atoms. The molecule has 0 bridgehead atoms. The molecule has 0 aliphatic carbocycles. The summed E-state index contributed by atoms with van der Waals surface area (Å²) in [6.45, 7) is 9.61. The van der Waals surface area contributed by atoms with Gasteiger partial charge < -0.3 is 9.80 Å². The molecule has 1 saturated heterocycles. The molecule has 3 heteroatoms. The zero-order chi connectivity index (χ0) is 16.1. The van der Waals surface area contributed by atoms with Crippen molar-refractivity contribution in [2.45, 2.75) is 26.4 Å². The summed E-state index contributed by atoms with van der Waals surface area (Å²) in [5.41, 5.74) is 4.35. The van der Waals surface area contributed by atoms with Crippen molar-refractivity contribution in [3.8, 4) is 0 Å². The van der Waals surface area contributed by atoms with Crippen LogP contribution in [0.3, 0.4) is 0 Å². The van der Waals surface area contributed by atoms with Crippen molar-refractivity contribution in [2.75, 3.05) is 26.2 Å². The summed E-state index contributed by atoms with van der Waals surface area (Å²) < 4.78 is 1.25. The van der Waals surface area contributed by atoms with Gasteiger partial charge in [-0.15, -0.1) is 0 Å². The Kier molecular flexibility index (Phi) is 5.87. The molecular formula is C20H27BrN2+2. The van der Waals surface area contributed by atoms with Gasteiger partial charge in [-0.1, -0.05) is 65.3 Å². The van der Waals surface area contributed by atoms with Crippen molar-refractivity contribution in [1.29, 1.82) is 0 Å². The number of benzene rings is 2. The Morgan fingerprint density at radius 3 is 1.96 bits per heavy atom. The summed E-state index contributed by atoms with van der Waals surface area (Å²) >= 11 is 3.67. The van der Waals surface area contributed by atoms with E-state index < -0.39 is 0 Å². The lowest BCUT2D eigenvalue weighted by Gasteiger charge is -2.30. The second kappa shape index (κ2) is 8.09. The molecule has 1 aliphatic rings. The summed E-state index contributed by atoms with van der Waals surface area (Å²) in [5.74, 6) is 0. The van der Waals surface area contributed by atoms with Gasteiger partial charge in [-0.3, -0.25) is 0 Å². The fourth-order valence-electron chi connectivity index (χ4n) is 3.40. The lowest BCUT2D eigenvalue weighted by molar-refractivity contribution is -1.02. The van der Waals surface area contributed by atoms with E-state index in [0.29, 0.717) is 0 Å². The SMILES string of the molecule is CCc1ccc(C[NH+]2CC[NH+](Cc3ccccc3Br)CC2)cc1. The van der Waals surface area contributed by atoms with Gasteiger partial charge in [0.25, 0.3) is 0 Å². The molecule has 1 heterocycles. The second-order valence-corrected chi connectivity index (χ2v) is 7.47. The summed E-state index contributed by atoms with van der Waals surface area (Å²) in [4.78, 5) is 3.44. The van der Waals surface area contributed by atoms with Crippen molar-refractivity contribution in [3.05, 3.63) is 69.7 Å². The minimum absolute atomic E-state index is 1.13. The summed E-state index contributed by atoms with van der Waals surface area (Å²) in [5, 5.41) is 0. The van der Waals surface area contributed by atoms with Crippen LogP contribution in [0.2, 0.25) is 0 Å². The molecule has 122 valence electrons. The molecule has 2 nitrogen and oxygen atoms in total. The van der Waals surface area contributed by atoms with Crippen molar-refractivity contribution in [3.63, 3.8) is 0 Å². The summed E-state index contributed by atoms with van der Waals surface area (Å²) in [6.07, 6.45) is 1.13. The van der Waals surface area contributed by atoms with Crippen LogP contribution in [-0.2, 0) is 19.5 Å². The Morgan fingerprint density at radius 1 is 0.783 bits per heavy atom. The Balaban J connectivity index is 1.49. The van der Waals surface area contributed by atoms with E-state index in [-0.39, 0.29) is 0 Å². The number of rotatable bonds is 5. The fourth-order valence-corrected chi connectivity index (χ4v) is 3.83. The molecule has 0 aromatic heterocycles. The van der Waals surface area contributed by atoms with Crippen LogP contribution in [0.5, 0.6) is 0 Å². The quantitative estimate of drug-likeness (QED) is 0.784. The molecular weight excluding hydrogens is 348 g/mol. The first-order valence-corrected chi connectivity index (χ1v) is 9.52. The molecule has 0 saturated carbocycles. The fraction of sp³-hybridized carbons (Fsp3) is 0.400. The highest BCUT2D eigenvalue weighted by atomic mass is 79.9. The Bertz CT molecular complexity index is 616. The molecule has 0 amide bonds. The minimum Gasteiger partial charge on any atom is -0.322 e. The van der Waals surface area contributed by atoms with Gasteiger partial charge in [0, 0.05) is 15.6 Å². The minimum atomic E-state index is 1.13. The average Bonchev–Trinajstić information content (AvgIpc) is 2.59. The Hall–Kier alpha value is -1.16. The topological polar surface area (TPSA) is 8.88 Å². The molecule has 0 unspecified atom stereocenters. The van der Waals surface area contributed by atoms with Gasteiger partial charge in [-0.05, 0) is 18.1 Å². The molecule has 2 aromatic carbocycles. The Labute approximate surface area is 148 Å². The highest BCUT2D eigenvalue weighted by Gasteiger charge is 2.23. The van der Waals surface area contributed by atoms with E-state index in [1.165, 1.54) is 53.9 Å². The van der Waals surface area contributed by atoms with Crippen LogP contribution in [-0.4, -0.2) is 26.2 Å². The molecule has 2 aromatic rings. The van der Waals surface area contributed by atoms with E-state index in [2.05, 4.69) is 71.4 Å². The van der Waals surface area contributed by atoms with Gasteiger partial charge in [0.1, 0.15) is 39.3 Å². The van der Waals surface area contributed by atoms with Crippen LogP contribution < -0.4 is 9.80 Å². The van der Waals surface area contributed by atoms with E-state index in [1.54, 1.807) is 9.80 Å². The van der Waals surface area contributed by atoms with Gasteiger partial charge in [-0.25, -0.2) is 0 Å². The van der Waals surface area contributed by atoms with Crippen LogP contribution in [0.15, 0.2) is 53.0 Å². The standard InChI is InChI=1S/C20H25BrN2/c1-2-17-7-9-18(10-8-17)15-22-11-13-23(14-12-22)16-19-5-3-4-6-20(19)21/h3-10H,2,11-16H2,1H3/p+2. The largest absolute Gasteiger partial charge is 0.322 e. The first-order valence-electron chi connectivity index (χ1n) is 8.73. The van der Waals surface area contributed by atoms with E-state index in [4.69, 9.17) is 0 Å². The smallest absolute Gasteiger partial charge is 0.127 e. The lowest BCUT2D eigenvalue weighted by Crippen LogP contribution is -3.27. The number of hydrogen-bond acceptors (Lipinski definition) is 0. The normalized spacial score (nSPS) is 21.3. The summed E-state index contributed by atoms with van der Waals surface area (Å²) in [7, 11) is 0. The average molecular weight is 375 g/mol. The van der Waals surface area contributed by atoms with Crippen molar-refractivity contribution < 1.29 is 9.80 Å². The first kappa shape index (κ1) is 16.7. The highest BCUT2D eigenvalue weighted by Crippen LogP contribution is 2.14. The number of aryl methyl sites for hydroxylation is 1. The number of hydrogen-bond donors (Lipinski definition) is 2. The molecule has 1 aliphatic heterocycles. The predicted molar refractivity (Wildman–Crippen MR) is 98.8 cm³/mol. The Morgan fingerprint density at radius 2 is 1.35 bits per heavy atom. The third-order valence-electron chi connectivity index (χ3n) is 4.95. The zero-order valence-electron chi connectivity index (χ0n) is 13.9. The number of piperazine rings is 1. The van der Waals surface area contributed by atoms with E-state index in [1.807, 2.05) is 0 Å². The van der Waals surface area contributed by atoms with Crippen molar-refractivity contribution in [1.82, 2.24) is 0 Å². The van der Waals surface area contributed by atoms with E-state index in [9.17, 15) is 0 Å². The molecule has 2 N–H and O–H groups in total. The van der Waals surface area contributed by atoms with Crippen molar-refractivity contribution in [2.24, 2.45) is 0 Å². The van der Waals surface area contributed by atoms with E-state index >= 15 is 0 Å². The van der Waals surface area contributed by atoms with Gasteiger partial charge in [0.2, 0.25) is 0 Å². The molecule has 0 radical (unpaired) electrons. The molecule has 23 heavy (non-hydrogen) atoms. The monoisotopic (exact) mass is 374 g/mol.